The zero-order chi connectivity index (χ0) is 14.0. The Morgan fingerprint density at radius 1 is 1.32 bits per heavy atom. The van der Waals surface area contributed by atoms with Crippen LogP contribution in [0.5, 0.6) is 0 Å². The van der Waals surface area contributed by atoms with Crippen LogP contribution >= 0.6 is 0 Å². The van der Waals surface area contributed by atoms with Crippen molar-refractivity contribution >= 4 is 10.0 Å². The van der Waals surface area contributed by atoms with Crippen molar-refractivity contribution in [2.75, 3.05) is 12.4 Å². The van der Waals surface area contributed by atoms with Gasteiger partial charge in [-0.05, 0) is 24.5 Å². The Hall–Kier alpha value is -1.08. The van der Waals surface area contributed by atoms with Crippen molar-refractivity contribution in [3.63, 3.8) is 0 Å². The van der Waals surface area contributed by atoms with E-state index in [-0.39, 0.29) is 24.1 Å². The van der Waals surface area contributed by atoms with Crippen LogP contribution in [0.15, 0.2) is 18.2 Å². The number of hydrogen-bond acceptors (Lipinski definition) is 2. The molecule has 0 spiro atoms. The van der Waals surface area contributed by atoms with Gasteiger partial charge in [0.1, 0.15) is 11.6 Å². The molecule has 3 nitrogen and oxygen atoms in total. The van der Waals surface area contributed by atoms with E-state index in [0.29, 0.717) is 12.0 Å². The van der Waals surface area contributed by atoms with Gasteiger partial charge in [0, 0.05) is 18.0 Å². The van der Waals surface area contributed by atoms with Crippen LogP contribution in [0.4, 0.5) is 13.2 Å². The van der Waals surface area contributed by atoms with Gasteiger partial charge in [-0.2, -0.15) is 0 Å². The van der Waals surface area contributed by atoms with Crippen molar-refractivity contribution in [1.29, 1.82) is 0 Å². The third kappa shape index (κ3) is 3.70. The molecular weight excluding hydrogens is 279 g/mol. The molecule has 0 aromatic heterocycles. The summed E-state index contributed by atoms with van der Waals surface area (Å²) in [6.45, 7) is -0.693. The fourth-order valence-corrected chi connectivity index (χ4v) is 3.33. The van der Waals surface area contributed by atoms with Crippen LogP contribution in [0, 0.1) is 11.6 Å². The maximum absolute atomic E-state index is 13.5. The summed E-state index contributed by atoms with van der Waals surface area (Å²) in [7, 11) is -3.53. The highest BCUT2D eigenvalue weighted by Gasteiger charge is 2.42. The summed E-state index contributed by atoms with van der Waals surface area (Å²) < 4.78 is 63.6. The average Bonchev–Trinajstić information content (AvgIpc) is 3.04. The molecule has 1 fully saturated rings. The van der Waals surface area contributed by atoms with Gasteiger partial charge < -0.3 is 0 Å². The highest BCUT2D eigenvalue weighted by atomic mass is 32.2. The van der Waals surface area contributed by atoms with Crippen molar-refractivity contribution in [2.45, 2.75) is 24.8 Å². The van der Waals surface area contributed by atoms with Crippen molar-refractivity contribution < 1.29 is 21.6 Å². The van der Waals surface area contributed by atoms with E-state index < -0.39 is 28.3 Å². The topological polar surface area (TPSA) is 46.2 Å². The molecule has 0 amide bonds. The predicted octanol–water partition coefficient (Wildman–Crippen LogP) is 2.10. The fraction of sp³-hybridized carbons (Fsp3) is 0.500. The third-order valence-electron chi connectivity index (χ3n) is 3.03. The molecule has 2 rings (SSSR count). The van der Waals surface area contributed by atoms with Gasteiger partial charge in [-0.3, -0.25) is 4.39 Å². The maximum Gasteiger partial charge on any atom is 0.211 e. The van der Waals surface area contributed by atoms with Crippen molar-refractivity contribution in [1.82, 2.24) is 4.72 Å². The molecule has 0 aliphatic heterocycles. The molecule has 19 heavy (non-hydrogen) atoms. The lowest BCUT2D eigenvalue weighted by Crippen LogP contribution is -2.29. The predicted molar refractivity (Wildman–Crippen MR) is 65.0 cm³/mol. The second kappa shape index (κ2) is 5.50. The SMILES string of the molecule is O=S(=O)(CCCF)N[C@@H]1C[C@H]1c1ccc(F)cc1F. The first kappa shape index (κ1) is 14.3. The summed E-state index contributed by atoms with van der Waals surface area (Å²) in [5.74, 6) is -1.89. The van der Waals surface area contributed by atoms with Crippen molar-refractivity contribution in [3.05, 3.63) is 35.4 Å². The number of nitrogens with one attached hydrogen (secondary N) is 1. The van der Waals surface area contributed by atoms with E-state index in [9.17, 15) is 21.6 Å². The smallest absolute Gasteiger partial charge is 0.211 e. The Morgan fingerprint density at radius 3 is 2.68 bits per heavy atom. The molecule has 0 bridgehead atoms. The summed E-state index contributed by atoms with van der Waals surface area (Å²) >= 11 is 0. The molecule has 0 heterocycles. The van der Waals surface area contributed by atoms with E-state index in [1.54, 1.807) is 0 Å². The molecule has 1 N–H and O–H groups in total. The zero-order valence-electron chi connectivity index (χ0n) is 10.1. The van der Waals surface area contributed by atoms with Gasteiger partial charge in [-0.1, -0.05) is 6.07 Å². The van der Waals surface area contributed by atoms with Crippen LogP contribution in [0.1, 0.15) is 24.3 Å². The van der Waals surface area contributed by atoms with E-state index in [2.05, 4.69) is 4.72 Å². The van der Waals surface area contributed by atoms with Crippen LogP contribution in [-0.4, -0.2) is 26.9 Å². The van der Waals surface area contributed by atoms with Crippen LogP contribution in [0.2, 0.25) is 0 Å². The van der Waals surface area contributed by atoms with E-state index in [1.165, 1.54) is 6.07 Å². The molecule has 106 valence electrons. The first-order valence-corrected chi connectivity index (χ1v) is 7.59. The summed E-state index contributed by atoms with van der Waals surface area (Å²) in [5, 5.41) is 0. The van der Waals surface area contributed by atoms with Crippen LogP contribution < -0.4 is 4.72 Å². The fourth-order valence-electron chi connectivity index (χ4n) is 2.01. The summed E-state index contributed by atoms with van der Waals surface area (Å²) in [5.41, 5.74) is 0.305. The van der Waals surface area contributed by atoms with Gasteiger partial charge in [0.15, 0.2) is 0 Å². The average molecular weight is 293 g/mol. The molecule has 1 saturated carbocycles. The normalized spacial score (nSPS) is 22.5. The monoisotopic (exact) mass is 293 g/mol. The number of alkyl halides is 1. The molecule has 0 radical (unpaired) electrons. The molecule has 1 aromatic rings. The van der Waals surface area contributed by atoms with Gasteiger partial charge >= 0.3 is 0 Å². The molecule has 7 heteroatoms. The van der Waals surface area contributed by atoms with Gasteiger partial charge in [0.2, 0.25) is 10.0 Å². The molecule has 2 atom stereocenters. The quantitative estimate of drug-likeness (QED) is 0.873. The Morgan fingerprint density at radius 2 is 2.05 bits per heavy atom. The minimum atomic E-state index is -3.53. The lowest BCUT2D eigenvalue weighted by molar-refractivity contribution is 0.483. The largest absolute Gasteiger partial charge is 0.251 e. The molecule has 1 aliphatic carbocycles. The van der Waals surface area contributed by atoms with E-state index in [0.717, 1.165) is 12.1 Å². The Bertz CT molecular complexity index is 562. The molecule has 1 aromatic carbocycles. The van der Waals surface area contributed by atoms with Crippen LogP contribution in [0.3, 0.4) is 0 Å². The summed E-state index contributed by atoms with van der Waals surface area (Å²) in [4.78, 5) is 0. The van der Waals surface area contributed by atoms with E-state index in [4.69, 9.17) is 0 Å². The zero-order valence-corrected chi connectivity index (χ0v) is 10.9. The summed E-state index contributed by atoms with van der Waals surface area (Å²) in [6.07, 6.45) is 0.412. The first-order valence-electron chi connectivity index (χ1n) is 5.94. The number of halogens is 3. The lowest BCUT2D eigenvalue weighted by atomic mass is 10.1. The second-order valence-electron chi connectivity index (χ2n) is 4.59. The first-order chi connectivity index (χ1) is 8.93. The van der Waals surface area contributed by atoms with Gasteiger partial charge in [-0.25, -0.2) is 21.9 Å². The maximum atomic E-state index is 13.5. The number of rotatable bonds is 6. The number of hydrogen-bond donors (Lipinski definition) is 1. The van der Waals surface area contributed by atoms with Crippen LogP contribution in [-0.2, 0) is 10.0 Å². The van der Waals surface area contributed by atoms with Crippen LogP contribution in [0.25, 0.3) is 0 Å². The van der Waals surface area contributed by atoms with Crippen molar-refractivity contribution in [3.8, 4) is 0 Å². The standard InChI is InChI=1S/C12H14F3NO2S/c13-4-1-5-19(17,18)16-12-7-10(12)9-3-2-8(14)6-11(9)15/h2-3,6,10,12,16H,1,4-5,7H2/t10-,12+/m0/s1. The molecule has 0 saturated heterocycles. The van der Waals surface area contributed by atoms with Crippen molar-refractivity contribution in [2.24, 2.45) is 0 Å². The molecule has 0 unspecified atom stereocenters. The summed E-state index contributed by atoms with van der Waals surface area (Å²) in [6, 6.07) is 2.86. The molecule has 1 aliphatic rings. The van der Waals surface area contributed by atoms with Gasteiger partial charge in [0.05, 0.1) is 12.4 Å². The molecular formula is C12H14F3NO2S. The van der Waals surface area contributed by atoms with E-state index >= 15 is 0 Å². The highest BCUT2D eigenvalue weighted by Crippen LogP contribution is 2.42. The lowest BCUT2D eigenvalue weighted by Gasteiger charge is -2.06. The Balaban J connectivity index is 1.97. The van der Waals surface area contributed by atoms with E-state index in [1.807, 2.05) is 0 Å². The number of sulfonamides is 1. The van der Waals surface area contributed by atoms with Gasteiger partial charge in [0.25, 0.3) is 0 Å². The minimum Gasteiger partial charge on any atom is -0.251 e. The third-order valence-corrected chi connectivity index (χ3v) is 4.52. The Labute approximate surface area is 109 Å². The van der Waals surface area contributed by atoms with Gasteiger partial charge in [-0.15, -0.1) is 0 Å². The highest BCUT2D eigenvalue weighted by molar-refractivity contribution is 7.89. The second-order valence-corrected chi connectivity index (χ2v) is 6.47. The minimum absolute atomic E-state index is 0.0579. The number of benzene rings is 1. The Kier molecular flexibility index (Phi) is 4.15.